The minimum absolute atomic E-state index is 0.0694. The van der Waals surface area contributed by atoms with E-state index in [1.807, 2.05) is 153 Å². The number of aromatic carboxylic acids is 2. The van der Waals surface area contributed by atoms with Gasteiger partial charge in [-0.15, -0.1) is 70.6 Å². The van der Waals surface area contributed by atoms with Crippen molar-refractivity contribution in [2.24, 2.45) is 0 Å². The second-order valence-electron chi connectivity index (χ2n) is 21.2. The third-order valence-electron chi connectivity index (χ3n) is 13.4. The maximum Gasteiger partial charge on any atom is 0.335 e. The molecular formula is C77H79ClF2O14S6. The number of benzene rings is 9. The lowest BCUT2D eigenvalue weighted by atomic mass is 10.1. The number of rotatable bonds is 30. The molecule has 0 atom stereocenters. The van der Waals surface area contributed by atoms with Gasteiger partial charge >= 0.3 is 35.8 Å². The van der Waals surface area contributed by atoms with Crippen molar-refractivity contribution in [3.63, 3.8) is 0 Å². The molecule has 0 aromatic heterocycles. The molecule has 0 saturated carbocycles. The standard InChI is InChI=1S/C16H16O3S.C15H14O3S.C14H11ClO2S.C12H15FO2S.C10H11FO2S.C10H12O2S/c1-19-14-4-2-3-5-15(14)20-11-13-8-6-12(7-9-13)10-16(17)18;1-18-13-4-2-3-5-14(13)19-10-11-6-8-12(9-7-11)15(16)17;15-12-3-1-2-4-13(12)18-9-10-5-7-11(8-6-10)14(16)17;13-10-5-7-11(8-6-10)16-9-3-1-2-4-12(14)15;11-8-3-5-9(6-4-8)14-7-1-2-10(12)13;1-7-3-4-8(2)9(5-7)13-6-10(11)12/h2-9H,10-11H2,1H3,(H,17,18);2-9H,10H2,1H3,(H,16,17);1-8H,9H2,(H,16,17);5-8H,1-4,9H2,(H,14,15);3-6H,1-2,7H2,(H,12,13);3-5H,6H2,1-2H3,(H,11,12). The number of carbonyl (C=O) groups is 6. The molecule has 0 aliphatic rings. The number of ether oxygens (including phenoxy) is 2. The molecule has 0 fully saturated rings. The van der Waals surface area contributed by atoms with Crippen LogP contribution in [0.4, 0.5) is 8.78 Å². The lowest BCUT2D eigenvalue weighted by Gasteiger charge is -2.08. The Bertz CT molecular complexity index is 3950. The van der Waals surface area contributed by atoms with Crippen molar-refractivity contribution in [2.45, 2.75) is 105 Å². The summed E-state index contributed by atoms with van der Waals surface area (Å²) in [6.07, 6.45) is 3.81. The van der Waals surface area contributed by atoms with Gasteiger partial charge in [0.05, 0.1) is 42.5 Å². The molecule has 23 heteroatoms. The zero-order valence-corrected chi connectivity index (χ0v) is 61.1. The SMILES string of the molecule is COc1ccccc1SCc1ccc(C(=O)O)cc1.COc1ccccc1SCc1ccc(CC(=O)O)cc1.Cc1ccc(C)c(SCC(=O)O)c1.O=C(O)CCCCCSc1ccc(F)cc1.O=C(O)CCCSc1ccc(F)cc1.O=C(O)c1ccc(CSc2ccccc2Cl)cc1. The van der Waals surface area contributed by atoms with Gasteiger partial charge in [0.15, 0.2) is 0 Å². The largest absolute Gasteiger partial charge is 0.496 e. The van der Waals surface area contributed by atoms with Crippen molar-refractivity contribution in [3.8, 4) is 11.5 Å². The fourth-order valence-electron chi connectivity index (χ4n) is 8.16. The predicted molar refractivity (Wildman–Crippen MR) is 402 cm³/mol. The summed E-state index contributed by atoms with van der Waals surface area (Å²) in [7, 11) is 3.32. The summed E-state index contributed by atoms with van der Waals surface area (Å²) in [6, 6.07) is 63.6. The highest BCUT2D eigenvalue weighted by Gasteiger charge is 2.10. The third-order valence-corrected chi connectivity index (χ3v) is 20.5. The highest BCUT2D eigenvalue weighted by molar-refractivity contribution is 8.00. The first-order valence-electron chi connectivity index (χ1n) is 31.0. The molecule has 0 aliphatic carbocycles. The average Bonchev–Trinajstić information content (AvgIpc) is 0.978. The monoisotopic (exact) mass is 1490 g/mol. The molecule has 9 rings (SSSR count). The van der Waals surface area contributed by atoms with Crippen LogP contribution in [0.2, 0.25) is 5.02 Å². The van der Waals surface area contributed by atoms with Crippen molar-refractivity contribution >= 4 is 118 Å². The van der Waals surface area contributed by atoms with Gasteiger partial charge in [0.2, 0.25) is 0 Å². The highest BCUT2D eigenvalue weighted by atomic mass is 35.5. The van der Waals surface area contributed by atoms with Gasteiger partial charge in [-0.2, -0.15) is 0 Å². The van der Waals surface area contributed by atoms with Crippen LogP contribution in [-0.2, 0) is 42.9 Å². The number of halogens is 3. The number of para-hydroxylation sites is 2. The third kappa shape index (κ3) is 36.1. The lowest BCUT2D eigenvalue weighted by Crippen LogP contribution is -1.99. The van der Waals surface area contributed by atoms with Gasteiger partial charge in [-0.25, -0.2) is 18.4 Å². The van der Waals surface area contributed by atoms with Gasteiger partial charge in [0.25, 0.3) is 0 Å². The number of hydrogen-bond donors (Lipinski definition) is 6. The Kier molecular flexibility index (Phi) is 40.7. The normalized spacial score (nSPS) is 10.2. The molecule has 0 saturated heterocycles. The number of carboxylic acids is 6. The second kappa shape index (κ2) is 48.4. The topological polar surface area (TPSA) is 242 Å². The maximum atomic E-state index is 12.6. The van der Waals surface area contributed by atoms with Gasteiger partial charge in [0, 0.05) is 59.5 Å². The summed E-state index contributed by atoms with van der Waals surface area (Å²) in [6.45, 7) is 3.99. The number of aryl methyl sites for hydroxylation is 2. The molecule has 14 nitrogen and oxygen atoms in total. The maximum absolute atomic E-state index is 12.6. The number of unbranched alkanes of at least 4 members (excludes halogenated alkanes) is 2. The molecule has 0 bridgehead atoms. The number of thioether (sulfide) groups is 6. The van der Waals surface area contributed by atoms with Crippen molar-refractivity contribution < 1.29 is 77.7 Å². The van der Waals surface area contributed by atoms with Gasteiger partial charge in [0.1, 0.15) is 23.1 Å². The van der Waals surface area contributed by atoms with E-state index < -0.39 is 35.8 Å². The molecular weight excluding hydrogens is 1410 g/mol. The molecule has 100 heavy (non-hydrogen) atoms. The molecule has 0 heterocycles. The summed E-state index contributed by atoms with van der Waals surface area (Å²) in [5.41, 5.74) is 7.06. The van der Waals surface area contributed by atoms with Gasteiger partial charge in [-0.1, -0.05) is 121 Å². The molecule has 9 aromatic rings. The summed E-state index contributed by atoms with van der Waals surface area (Å²) < 4.78 is 35.7. The lowest BCUT2D eigenvalue weighted by molar-refractivity contribution is -0.138. The first-order chi connectivity index (χ1) is 48.0. The van der Waals surface area contributed by atoms with E-state index in [-0.39, 0.29) is 36.6 Å². The minimum atomic E-state index is -0.902. The Morgan fingerprint density at radius 3 is 1.21 bits per heavy atom. The van der Waals surface area contributed by atoms with Crippen molar-refractivity contribution in [1.29, 1.82) is 0 Å². The van der Waals surface area contributed by atoms with E-state index in [2.05, 4.69) is 0 Å². The molecule has 0 unspecified atom stereocenters. The van der Waals surface area contributed by atoms with E-state index in [0.29, 0.717) is 17.5 Å². The van der Waals surface area contributed by atoms with Crippen LogP contribution in [0.15, 0.2) is 242 Å². The highest BCUT2D eigenvalue weighted by Crippen LogP contribution is 2.34. The van der Waals surface area contributed by atoms with E-state index in [1.165, 1.54) is 41.6 Å². The van der Waals surface area contributed by atoms with E-state index in [9.17, 15) is 37.5 Å². The molecule has 6 N–H and O–H groups in total. The van der Waals surface area contributed by atoms with Crippen molar-refractivity contribution in [2.75, 3.05) is 31.5 Å². The van der Waals surface area contributed by atoms with Crippen LogP contribution in [0.25, 0.3) is 0 Å². The molecule has 0 aliphatic heterocycles. The van der Waals surface area contributed by atoms with Crippen LogP contribution in [0, 0.1) is 25.5 Å². The van der Waals surface area contributed by atoms with Crippen LogP contribution in [-0.4, -0.2) is 97.9 Å². The Hall–Kier alpha value is -8.35. The number of carboxylic acid groups (broad SMARTS) is 6. The Morgan fingerprint density at radius 1 is 0.390 bits per heavy atom. The minimum Gasteiger partial charge on any atom is -0.496 e. The summed E-state index contributed by atoms with van der Waals surface area (Å²) in [4.78, 5) is 69.2. The van der Waals surface area contributed by atoms with Crippen LogP contribution in [0.5, 0.6) is 11.5 Å². The Balaban J connectivity index is 0.000000256. The summed E-state index contributed by atoms with van der Waals surface area (Å²) in [5, 5.41) is 52.4. The number of methoxy groups -OCH3 is 2. The molecule has 528 valence electrons. The Morgan fingerprint density at radius 2 is 0.790 bits per heavy atom. The van der Waals surface area contributed by atoms with Crippen LogP contribution in [0.1, 0.15) is 92.6 Å². The molecule has 0 spiro atoms. The van der Waals surface area contributed by atoms with Crippen molar-refractivity contribution in [1.82, 2.24) is 0 Å². The zero-order chi connectivity index (χ0) is 73.0. The van der Waals surface area contributed by atoms with Crippen LogP contribution >= 0.6 is 82.2 Å². The second-order valence-corrected chi connectivity index (χ2v) is 28.1. The van der Waals surface area contributed by atoms with Gasteiger partial charge in [-0.3, -0.25) is 19.2 Å². The van der Waals surface area contributed by atoms with E-state index in [4.69, 9.17) is 51.7 Å². The first-order valence-corrected chi connectivity index (χ1v) is 37.3. The zero-order valence-electron chi connectivity index (χ0n) is 55.4. The van der Waals surface area contributed by atoms with E-state index in [1.54, 1.807) is 122 Å². The fraction of sp³-hybridized carbons (Fsp3) is 0.221. The van der Waals surface area contributed by atoms with Crippen LogP contribution < -0.4 is 9.47 Å². The smallest absolute Gasteiger partial charge is 0.335 e. The molecule has 9 aromatic carbocycles. The predicted octanol–water partition coefficient (Wildman–Crippen LogP) is 20.5. The first kappa shape index (κ1) is 84.1. The fourth-order valence-corrected chi connectivity index (χ4v) is 13.9. The van der Waals surface area contributed by atoms with Gasteiger partial charge < -0.3 is 40.1 Å². The summed E-state index contributed by atoms with van der Waals surface area (Å²) >= 11 is 15.6. The molecule has 0 radical (unpaired) electrons. The van der Waals surface area contributed by atoms with E-state index in [0.717, 1.165) is 122 Å². The Labute approximate surface area is 613 Å². The van der Waals surface area contributed by atoms with Crippen LogP contribution in [0.3, 0.4) is 0 Å². The van der Waals surface area contributed by atoms with Gasteiger partial charge in [-0.05, 0) is 188 Å². The number of hydrogen-bond acceptors (Lipinski definition) is 14. The van der Waals surface area contributed by atoms with E-state index >= 15 is 0 Å². The summed E-state index contributed by atoms with van der Waals surface area (Å²) in [5.74, 6) is 0.581. The van der Waals surface area contributed by atoms with Crippen molar-refractivity contribution in [3.05, 3.63) is 273 Å². The quantitative estimate of drug-likeness (QED) is 0.0181. The molecule has 0 amide bonds. The number of aliphatic carboxylic acids is 4. The average molecular weight is 1490 g/mol.